The Kier molecular flexibility index (Phi) is 2.36. The molecule has 1 heterocycles. The van der Waals surface area contributed by atoms with E-state index in [0.717, 1.165) is 18.9 Å². The molecule has 1 aliphatic carbocycles. The lowest BCUT2D eigenvalue weighted by Gasteiger charge is -2.35. The summed E-state index contributed by atoms with van der Waals surface area (Å²) in [5.41, 5.74) is 0. The van der Waals surface area contributed by atoms with Crippen molar-refractivity contribution < 1.29 is 0 Å². The first-order valence-electron chi connectivity index (χ1n) is 5.50. The molecule has 0 N–H and O–H groups in total. The second kappa shape index (κ2) is 3.28. The van der Waals surface area contributed by atoms with Crippen LogP contribution in [0.1, 0.15) is 26.2 Å². The highest BCUT2D eigenvalue weighted by atomic mass is 15.2. The molecule has 2 nitrogen and oxygen atoms in total. The number of likely N-dealkylation sites (tertiary alicyclic amines) is 1. The summed E-state index contributed by atoms with van der Waals surface area (Å²) in [6, 6.07) is 0. The molecule has 1 aliphatic heterocycles. The number of hydrogen-bond donors (Lipinski definition) is 0. The first-order chi connectivity index (χ1) is 6.53. The van der Waals surface area contributed by atoms with Crippen LogP contribution in [0.3, 0.4) is 0 Å². The number of rotatable bonds is 0. The van der Waals surface area contributed by atoms with Crippen molar-refractivity contribution in [3.8, 4) is 0 Å². The first kappa shape index (κ1) is 10.1. The molecule has 0 aromatic heterocycles. The zero-order chi connectivity index (χ0) is 10.3. The molecule has 1 saturated heterocycles. The van der Waals surface area contributed by atoms with E-state index in [9.17, 15) is 0 Å². The summed E-state index contributed by atoms with van der Waals surface area (Å²) in [6.45, 7) is 3.32. The molecule has 76 valence electrons. The maximum Gasteiger partial charge on any atom is 0.102 e. The second-order valence-electron chi connectivity index (χ2n) is 5.22. The molecule has 0 spiro atoms. The summed E-state index contributed by atoms with van der Waals surface area (Å²) in [5, 5.41) is 0.0381. The zero-order valence-electron chi connectivity index (χ0n) is 9.45. The van der Waals surface area contributed by atoms with Crippen LogP contribution < -0.4 is 0 Å². The Hall–Kier alpha value is -0.465. The van der Waals surface area contributed by atoms with E-state index >= 15 is 0 Å². The van der Waals surface area contributed by atoms with Gasteiger partial charge >= 0.3 is 0 Å². The van der Waals surface area contributed by atoms with Crippen molar-refractivity contribution in [2.75, 3.05) is 20.6 Å². The van der Waals surface area contributed by atoms with E-state index in [1.54, 1.807) is 0 Å². The minimum Gasteiger partial charge on any atom is -0.363 e. The third-order valence-electron chi connectivity index (χ3n) is 3.77. The third-order valence-corrected chi connectivity index (χ3v) is 3.77. The van der Waals surface area contributed by atoms with Gasteiger partial charge in [-0.3, -0.25) is 4.99 Å². The van der Waals surface area contributed by atoms with Gasteiger partial charge in [-0.2, -0.15) is 0 Å². The zero-order valence-corrected chi connectivity index (χ0v) is 9.45. The van der Waals surface area contributed by atoms with Crippen molar-refractivity contribution in [1.82, 2.24) is 4.90 Å². The fraction of sp³-hybridized carbons (Fsp3) is 0.909. The van der Waals surface area contributed by atoms with Crippen molar-refractivity contribution in [3.05, 3.63) is 0 Å². The summed E-state index contributed by atoms with van der Waals surface area (Å²) in [5.74, 6) is 2.67. The number of aliphatic imine (C=N–C) groups is 1. The van der Waals surface area contributed by atoms with E-state index in [-0.39, 0.29) is 5.31 Å². The normalized spacial score (nSPS) is 45.6. The van der Waals surface area contributed by atoms with Crippen molar-refractivity contribution in [2.45, 2.75) is 31.5 Å². The molecule has 1 saturated carbocycles. The van der Waals surface area contributed by atoms with Crippen LogP contribution in [0.25, 0.3) is 0 Å². The van der Waals surface area contributed by atoms with Crippen molar-refractivity contribution in [1.29, 1.82) is 0 Å². The van der Waals surface area contributed by atoms with Crippen LogP contribution in [-0.2, 0) is 0 Å². The van der Waals surface area contributed by atoms with E-state index < -0.39 is 0 Å². The number of nitrogens with zero attached hydrogens (tertiary/aromatic N) is 2. The van der Waals surface area contributed by atoms with E-state index in [0.29, 0.717) is 5.92 Å². The molecule has 2 fully saturated rings. The largest absolute Gasteiger partial charge is 0.363 e. The summed E-state index contributed by atoms with van der Waals surface area (Å²) >= 11 is 0. The topological polar surface area (TPSA) is 15.6 Å². The molecule has 3 atom stereocenters. The van der Waals surface area contributed by atoms with Crippen LogP contribution in [0.2, 0.25) is 5.31 Å². The van der Waals surface area contributed by atoms with Gasteiger partial charge in [-0.25, -0.2) is 0 Å². The Balaban J connectivity index is 2.21. The van der Waals surface area contributed by atoms with Crippen molar-refractivity contribution in [2.24, 2.45) is 16.8 Å². The average Bonchev–Trinajstić information content (AvgIpc) is 2.39. The highest BCUT2D eigenvalue weighted by Crippen LogP contribution is 2.51. The average molecular weight is 190 g/mol. The Morgan fingerprint density at radius 3 is 2.86 bits per heavy atom. The van der Waals surface area contributed by atoms with Gasteiger partial charge in [0.25, 0.3) is 0 Å². The van der Waals surface area contributed by atoms with Crippen LogP contribution in [0.15, 0.2) is 4.99 Å². The van der Waals surface area contributed by atoms with Gasteiger partial charge in [0.15, 0.2) is 0 Å². The summed E-state index contributed by atoms with van der Waals surface area (Å²) in [7, 11) is 10.3. The predicted octanol–water partition coefficient (Wildman–Crippen LogP) is 1.72. The van der Waals surface area contributed by atoms with Gasteiger partial charge in [0.1, 0.15) is 5.84 Å². The van der Waals surface area contributed by atoms with Crippen LogP contribution in [0.5, 0.6) is 0 Å². The van der Waals surface area contributed by atoms with Crippen LogP contribution in [0, 0.1) is 11.8 Å². The maximum absolute atomic E-state index is 6.23. The van der Waals surface area contributed by atoms with Crippen LogP contribution in [-0.4, -0.2) is 39.2 Å². The summed E-state index contributed by atoms with van der Waals surface area (Å²) in [6.07, 6.45) is 3.56. The van der Waals surface area contributed by atoms with Crippen molar-refractivity contribution >= 4 is 13.7 Å². The molecule has 2 rings (SSSR count). The lowest BCUT2D eigenvalue weighted by Crippen LogP contribution is -2.41. The Morgan fingerprint density at radius 1 is 1.50 bits per heavy atom. The molecule has 2 radical (unpaired) electrons. The van der Waals surface area contributed by atoms with Gasteiger partial charge in [-0.05, 0) is 18.8 Å². The Labute approximate surface area is 88.2 Å². The van der Waals surface area contributed by atoms with Gasteiger partial charge in [0.2, 0.25) is 0 Å². The molecule has 2 aliphatic rings. The fourth-order valence-corrected chi connectivity index (χ4v) is 3.19. The van der Waals surface area contributed by atoms with Gasteiger partial charge in [0.05, 0.1) is 7.85 Å². The number of fused-ring (bicyclic) bond motifs is 1. The molecule has 3 heteroatoms. The molecular formula is C11H19BN2. The lowest BCUT2D eigenvalue weighted by atomic mass is 9.68. The monoisotopic (exact) mass is 190 g/mol. The fourth-order valence-electron chi connectivity index (χ4n) is 3.19. The number of piperidine rings is 1. The third kappa shape index (κ3) is 1.57. The number of hydrogen-bond acceptors (Lipinski definition) is 1. The predicted molar refractivity (Wildman–Crippen MR) is 60.9 cm³/mol. The Morgan fingerprint density at radius 2 is 2.21 bits per heavy atom. The molecule has 0 bridgehead atoms. The smallest absolute Gasteiger partial charge is 0.102 e. The molecule has 0 amide bonds. The van der Waals surface area contributed by atoms with Crippen molar-refractivity contribution in [3.63, 3.8) is 0 Å². The molecular weight excluding hydrogens is 171 g/mol. The second-order valence-corrected chi connectivity index (χ2v) is 5.22. The highest BCUT2D eigenvalue weighted by Gasteiger charge is 2.43. The summed E-state index contributed by atoms with van der Waals surface area (Å²) < 4.78 is 0. The highest BCUT2D eigenvalue weighted by molar-refractivity contribution is 6.15. The number of amidine groups is 1. The minimum atomic E-state index is 0.0381. The van der Waals surface area contributed by atoms with Crippen LogP contribution in [0.4, 0.5) is 0 Å². The van der Waals surface area contributed by atoms with Gasteiger partial charge < -0.3 is 4.90 Å². The van der Waals surface area contributed by atoms with Gasteiger partial charge in [-0.1, -0.05) is 18.7 Å². The molecule has 0 aromatic carbocycles. The van der Waals surface area contributed by atoms with Gasteiger partial charge in [0, 0.05) is 26.6 Å². The lowest BCUT2D eigenvalue weighted by molar-refractivity contribution is 0.308. The molecule has 3 unspecified atom stereocenters. The van der Waals surface area contributed by atoms with E-state index in [1.165, 1.54) is 18.7 Å². The van der Waals surface area contributed by atoms with E-state index in [4.69, 9.17) is 7.85 Å². The van der Waals surface area contributed by atoms with Gasteiger partial charge in [-0.15, -0.1) is 0 Å². The first-order valence-corrected chi connectivity index (χ1v) is 5.50. The Bertz CT molecular complexity index is 260. The minimum absolute atomic E-state index is 0.0381. The standard InChI is InChI=1S/C11H19BN2/c1-11(12)6-8-4-5-14(3)10(13-2)9(8)7-11/h8-9H,4-7H2,1-3H3. The molecule has 0 aromatic rings. The maximum atomic E-state index is 6.23. The SMILES string of the molecule is [B]C1(C)CC2CCN(C)C(=NC)C2C1. The summed E-state index contributed by atoms with van der Waals surface area (Å²) in [4.78, 5) is 6.72. The van der Waals surface area contributed by atoms with Crippen LogP contribution >= 0.6 is 0 Å². The quantitative estimate of drug-likeness (QED) is 0.531. The van der Waals surface area contributed by atoms with E-state index in [2.05, 4.69) is 23.9 Å². The molecule has 14 heavy (non-hydrogen) atoms. The van der Waals surface area contributed by atoms with E-state index in [1.807, 2.05) is 7.05 Å².